The molecule has 3 aromatic carbocycles. The Balaban J connectivity index is 1.74. The molecular formula is C27H23ClF3NO7. The van der Waals surface area contributed by atoms with Gasteiger partial charge in [-0.3, -0.25) is 4.79 Å². The topological polar surface area (TPSA) is 106 Å². The van der Waals surface area contributed by atoms with Gasteiger partial charge in [0.1, 0.15) is 5.75 Å². The van der Waals surface area contributed by atoms with E-state index in [0.29, 0.717) is 11.1 Å². The summed E-state index contributed by atoms with van der Waals surface area (Å²) in [6, 6.07) is 12.2. The van der Waals surface area contributed by atoms with Crippen molar-refractivity contribution in [2.75, 3.05) is 25.7 Å². The number of aliphatic hydroxyl groups is 1. The van der Waals surface area contributed by atoms with Crippen molar-refractivity contribution >= 4 is 29.4 Å². The third-order valence-electron chi connectivity index (χ3n) is 6.71. The number of alkyl halides is 3. The van der Waals surface area contributed by atoms with Gasteiger partial charge in [0.2, 0.25) is 0 Å². The molecule has 8 nitrogen and oxygen atoms in total. The molecule has 2 atom stereocenters. The molecule has 2 N–H and O–H groups in total. The SMILES string of the molecule is COc1cc(-c2ccc(C(C)C(O)(c3ccc4c(c3)N(C)C(=O)CO4)C(F)(F)F)c(Cl)c2)ccc1OC(=O)O. The Hall–Kier alpha value is -3.96. The average Bonchev–Trinajstić information content (AvgIpc) is 2.89. The number of halogens is 4. The number of anilines is 1. The minimum absolute atomic E-state index is 0.0245. The first-order chi connectivity index (χ1) is 18.3. The Morgan fingerprint density at radius 3 is 2.36 bits per heavy atom. The minimum Gasteiger partial charge on any atom is -0.493 e. The van der Waals surface area contributed by atoms with E-state index in [1.54, 1.807) is 0 Å². The highest BCUT2D eigenvalue weighted by Gasteiger charge is 2.59. The highest BCUT2D eigenvalue weighted by Crippen LogP contribution is 2.51. The van der Waals surface area contributed by atoms with Gasteiger partial charge in [0.25, 0.3) is 5.91 Å². The van der Waals surface area contributed by atoms with Crippen molar-refractivity contribution < 1.29 is 47.2 Å². The zero-order valence-electron chi connectivity index (χ0n) is 20.9. The molecule has 0 aromatic heterocycles. The van der Waals surface area contributed by atoms with E-state index in [9.17, 15) is 27.9 Å². The molecule has 1 heterocycles. The third kappa shape index (κ3) is 5.07. The molecule has 1 amide bonds. The molecule has 0 saturated heterocycles. The van der Waals surface area contributed by atoms with Crippen LogP contribution in [0.2, 0.25) is 5.02 Å². The lowest BCUT2D eigenvalue weighted by Gasteiger charge is -2.38. The predicted molar refractivity (Wildman–Crippen MR) is 136 cm³/mol. The molecule has 206 valence electrons. The lowest BCUT2D eigenvalue weighted by atomic mass is 9.77. The van der Waals surface area contributed by atoms with Crippen LogP contribution in [0.1, 0.15) is 24.0 Å². The van der Waals surface area contributed by atoms with Crippen LogP contribution >= 0.6 is 11.6 Å². The van der Waals surface area contributed by atoms with E-state index < -0.39 is 35.3 Å². The van der Waals surface area contributed by atoms with Crippen molar-refractivity contribution in [3.8, 4) is 28.4 Å². The summed E-state index contributed by atoms with van der Waals surface area (Å²) in [5.41, 5.74) is -2.70. The van der Waals surface area contributed by atoms with E-state index >= 15 is 0 Å². The van der Waals surface area contributed by atoms with Crippen LogP contribution < -0.4 is 19.1 Å². The van der Waals surface area contributed by atoms with Gasteiger partial charge in [-0.15, -0.1) is 0 Å². The van der Waals surface area contributed by atoms with E-state index in [0.717, 1.165) is 12.1 Å². The zero-order chi connectivity index (χ0) is 28.7. The number of carbonyl (C=O) groups is 2. The molecule has 0 fully saturated rings. The second kappa shape index (κ2) is 10.3. The van der Waals surface area contributed by atoms with E-state index in [4.69, 9.17) is 26.2 Å². The van der Waals surface area contributed by atoms with Crippen LogP contribution in [0.5, 0.6) is 17.2 Å². The molecule has 0 aliphatic carbocycles. The second-order valence-electron chi connectivity index (χ2n) is 8.88. The fourth-order valence-electron chi connectivity index (χ4n) is 4.48. The molecule has 0 saturated carbocycles. The first kappa shape index (κ1) is 28.1. The van der Waals surface area contributed by atoms with Crippen LogP contribution in [0.15, 0.2) is 54.6 Å². The van der Waals surface area contributed by atoms with Crippen LogP contribution in [0.4, 0.5) is 23.7 Å². The maximum atomic E-state index is 14.5. The number of hydrogen-bond donors (Lipinski definition) is 2. The number of fused-ring (bicyclic) bond motifs is 1. The van der Waals surface area contributed by atoms with Gasteiger partial charge in [-0.05, 0) is 52.6 Å². The quantitative estimate of drug-likeness (QED) is 0.280. The summed E-state index contributed by atoms with van der Waals surface area (Å²) in [6.07, 6.45) is -6.64. The van der Waals surface area contributed by atoms with Gasteiger partial charge in [0, 0.05) is 18.0 Å². The van der Waals surface area contributed by atoms with E-state index in [2.05, 4.69) is 4.74 Å². The van der Waals surface area contributed by atoms with Crippen LogP contribution in [-0.4, -0.2) is 49.2 Å². The molecule has 1 aliphatic rings. The third-order valence-corrected chi connectivity index (χ3v) is 7.03. The first-order valence-electron chi connectivity index (χ1n) is 11.5. The number of benzene rings is 3. The number of rotatable bonds is 6. The summed E-state index contributed by atoms with van der Waals surface area (Å²) in [5, 5.41) is 20.1. The monoisotopic (exact) mass is 565 g/mol. The van der Waals surface area contributed by atoms with Crippen molar-refractivity contribution in [2.24, 2.45) is 0 Å². The van der Waals surface area contributed by atoms with Crippen molar-refractivity contribution in [2.45, 2.75) is 24.6 Å². The highest BCUT2D eigenvalue weighted by molar-refractivity contribution is 6.31. The summed E-state index contributed by atoms with van der Waals surface area (Å²) in [7, 11) is 2.73. The Morgan fingerprint density at radius 1 is 1.08 bits per heavy atom. The summed E-state index contributed by atoms with van der Waals surface area (Å²) in [5.74, 6) is -1.71. The van der Waals surface area contributed by atoms with Crippen molar-refractivity contribution in [3.05, 3.63) is 70.7 Å². The average molecular weight is 566 g/mol. The van der Waals surface area contributed by atoms with Crippen LogP contribution in [0, 0.1) is 0 Å². The van der Waals surface area contributed by atoms with E-state index in [1.165, 1.54) is 68.4 Å². The van der Waals surface area contributed by atoms with Crippen molar-refractivity contribution in [3.63, 3.8) is 0 Å². The number of likely N-dealkylation sites (N-methyl/N-ethyl adjacent to an activating group) is 1. The van der Waals surface area contributed by atoms with Crippen LogP contribution in [-0.2, 0) is 10.4 Å². The minimum atomic E-state index is -5.12. The maximum absolute atomic E-state index is 14.5. The van der Waals surface area contributed by atoms with Gasteiger partial charge < -0.3 is 29.3 Å². The van der Waals surface area contributed by atoms with Crippen LogP contribution in [0.25, 0.3) is 11.1 Å². The van der Waals surface area contributed by atoms with Gasteiger partial charge in [-0.2, -0.15) is 13.2 Å². The molecular weight excluding hydrogens is 543 g/mol. The molecule has 0 spiro atoms. The molecule has 12 heteroatoms. The van der Waals surface area contributed by atoms with Gasteiger partial charge in [0.15, 0.2) is 23.7 Å². The number of nitrogens with zero attached hydrogens (tertiary/aromatic N) is 1. The smallest absolute Gasteiger partial charge is 0.493 e. The summed E-state index contributed by atoms with van der Waals surface area (Å²) in [4.78, 5) is 24.1. The number of carboxylic acid groups (broad SMARTS) is 1. The standard InChI is InChI=1S/C27H23ClF3NO7/c1-14(26(36,27(29,30)31)17-6-9-21-20(12-17)32(2)24(33)13-38-21)18-7-4-15(10-19(18)28)16-5-8-22(39-25(34)35)23(11-16)37-3/h4-12,14,36H,13H2,1-3H3,(H,34,35). The Kier molecular flexibility index (Phi) is 7.42. The first-order valence-corrected chi connectivity index (χ1v) is 11.9. The molecule has 4 rings (SSSR count). The number of ether oxygens (including phenoxy) is 3. The zero-order valence-corrected chi connectivity index (χ0v) is 21.6. The normalized spacial score (nSPS) is 15.6. The Bertz CT molecular complexity index is 1450. The van der Waals surface area contributed by atoms with Crippen molar-refractivity contribution in [1.82, 2.24) is 0 Å². The second-order valence-corrected chi connectivity index (χ2v) is 9.29. The number of hydrogen-bond acceptors (Lipinski definition) is 6. The Labute approximate surface area is 226 Å². The fourth-order valence-corrected chi connectivity index (χ4v) is 4.82. The largest absolute Gasteiger partial charge is 0.511 e. The maximum Gasteiger partial charge on any atom is 0.511 e. The molecule has 1 aliphatic heterocycles. The molecule has 3 aromatic rings. The molecule has 39 heavy (non-hydrogen) atoms. The van der Waals surface area contributed by atoms with E-state index in [-0.39, 0.29) is 40.1 Å². The molecule has 2 unspecified atom stereocenters. The summed E-state index contributed by atoms with van der Waals surface area (Å²) in [6.45, 7) is 0.964. The number of amides is 1. The summed E-state index contributed by atoms with van der Waals surface area (Å²) >= 11 is 6.46. The van der Waals surface area contributed by atoms with Gasteiger partial charge >= 0.3 is 12.3 Å². The van der Waals surface area contributed by atoms with Gasteiger partial charge in [-0.25, -0.2) is 4.79 Å². The number of carbonyl (C=O) groups excluding carboxylic acids is 1. The number of methoxy groups -OCH3 is 1. The lowest BCUT2D eigenvalue weighted by molar-refractivity contribution is -0.274. The van der Waals surface area contributed by atoms with Gasteiger partial charge in [0.05, 0.1) is 12.8 Å². The van der Waals surface area contributed by atoms with Gasteiger partial charge in [-0.1, -0.05) is 42.8 Å². The Morgan fingerprint density at radius 2 is 1.74 bits per heavy atom. The lowest BCUT2D eigenvalue weighted by Crippen LogP contribution is -2.47. The predicted octanol–water partition coefficient (Wildman–Crippen LogP) is 5.98. The fraction of sp³-hybridized carbons (Fsp3) is 0.259. The van der Waals surface area contributed by atoms with Crippen molar-refractivity contribution in [1.29, 1.82) is 0 Å². The van der Waals surface area contributed by atoms with E-state index in [1.807, 2.05) is 0 Å². The van der Waals surface area contributed by atoms with Crippen LogP contribution in [0.3, 0.4) is 0 Å². The molecule has 0 bridgehead atoms. The molecule has 0 radical (unpaired) electrons. The highest BCUT2D eigenvalue weighted by atomic mass is 35.5. The summed E-state index contributed by atoms with van der Waals surface area (Å²) < 4.78 is 58.8.